The summed E-state index contributed by atoms with van der Waals surface area (Å²) in [6.45, 7) is 3.77. The zero-order chi connectivity index (χ0) is 17.2. The van der Waals surface area contributed by atoms with Crippen LogP contribution >= 0.6 is 11.8 Å². The third-order valence-corrected chi connectivity index (χ3v) is 6.32. The van der Waals surface area contributed by atoms with Crippen LogP contribution in [0.3, 0.4) is 0 Å². The van der Waals surface area contributed by atoms with Crippen LogP contribution in [0, 0.1) is 11.8 Å². The van der Waals surface area contributed by atoms with Crippen molar-refractivity contribution in [1.82, 2.24) is 0 Å². The fourth-order valence-electron chi connectivity index (χ4n) is 3.99. The first-order valence-electron chi connectivity index (χ1n) is 9.43. The minimum Gasteiger partial charge on any atom is -0.481 e. The second-order valence-corrected chi connectivity index (χ2v) is 8.17. The number of ether oxygens (including phenoxy) is 1. The Hall–Kier alpha value is -0.740. The van der Waals surface area contributed by atoms with E-state index in [9.17, 15) is 4.79 Å². The number of hydrogen-bond donors (Lipinski definition) is 1. The van der Waals surface area contributed by atoms with E-state index in [1.807, 2.05) is 6.08 Å². The molecule has 2 fully saturated rings. The van der Waals surface area contributed by atoms with Gasteiger partial charge in [-0.25, -0.2) is 0 Å². The lowest BCUT2D eigenvalue weighted by atomic mass is 9.76. The molecule has 0 unspecified atom stereocenters. The van der Waals surface area contributed by atoms with Crippen LogP contribution in [0.15, 0.2) is 24.8 Å². The van der Waals surface area contributed by atoms with Crippen LogP contribution in [0.4, 0.5) is 0 Å². The van der Waals surface area contributed by atoms with E-state index in [1.54, 1.807) is 0 Å². The van der Waals surface area contributed by atoms with Crippen molar-refractivity contribution in [3.05, 3.63) is 24.8 Å². The van der Waals surface area contributed by atoms with Gasteiger partial charge in [0, 0.05) is 6.42 Å². The van der Waals surface area contributed by atoms with Gasteiger partial charge in [0.25, 0.3) is 0 Å². The normalized spacial score (nSPS) is 28.7. The molecule has 0 aliphatic carbocycles. The molecule has 1 N–H and O–H groups in total. The van der Waals surface area contributed by atoms with Gasteiger partial charge in [-0.05, 0) is 74.7 Å². The Kier molecular flexibility index (Phi) is 8.97. The number of carbonyl (C=O) groups is 1. The van der Waals surface area contributed by atoms with Crippen molar-refractivity contribution in [2.75, 3.05) is 11.5 Å². The molecule has 3 nitrogen and oxygen atoms in total. The summed E-state index contributed by atoms with van der Waals surface area (Å²) in [6.07, 6.45) is 16.5. The highest BCUT2D eigenvalue weighted by atomic mass is 32.2. The zero-order valence-electron chi connectivity index (χ0n) is 14.7. The van der Waals surface area contributed by atoms with Crippen molar-refractivity contribution in [3.8, 4) is 0 Å². The van der Waals surface area contributed by atoms with Crippen molar-refractivity contribution < 1.29 is 14.6 Å². The first-order chi connectivity index (χ1) is 11.7. The summed E-state index contributed by atoms with van der Waals surface area (Å²) in [5, 5.41) is 8.65. The van der Waals surface area contributed by atoms with Crippen LogP contribution in [0.1, 0.15) is 57.8 Å². The molecular formula is C20H32O3S. The molecule has 4 heteroatoms. The fourth-order valence-corrected chi connectivity index (χ4v) is 5.00. The maximum Gasteiger partial charge on any atom is 0.303 e. The number of carboxylic acids is 1. The zero-order valence-corrected chi connectivity index (χ0v) is 15.5. The number of unbranched alkanes of at least 4 members (excludes halogenated alkanes) is 2. The second-order valence-electron chi connectivity index (χ2n) is 6.94. The number of aliphatic carboxylic acids is 1. The Morgan fingerprint density at radius 2 is 1.92 bits per heavy atom. The summed E-state index contributed by atoms with van der Waals surface area (Å²) in [4.78, 5) is 10.5. The molecule has 2 aliphatic rings. The van der Waals surface area contributed by atoms with E-state index < -0.39 is 5.97 Å². The van der Waals surface area contributed by atoms with Crippen LogP contribution in [0.25, 0.3) is 0 Å². The second kappa shape index (κ2) is 11.0. The van der Waals surface area contributed by atoms with Crippen molar-refractivity contribution in [3.63, 3.8) is 0 Å². The molecule has 2 bridgehead atoms. The molecule has 0 amide bonds. The summed E-state index contributed by atoms with van der Waals surface area (Å²) in [6, 6.07) is 0. The molecule has 0 saturated carbocycles. The predicted octanol–water partition coefficient (Wildman–Crippen LogP) is 5.07. The monoisotopic (exact) mass is 352 g/mol. The van der Waals surface area contributed by atoms with Gasteiger partial charge in [-0.2, -0.15) is 11.8 Å². The van der Waals surface area contributed by atoms with Gasteiger partial charge in [0.05, 0.1) is 12.2 Å². The number of fused-ring (bicyclic) bond motifs is 2. The van der Waals surface area contributed by atoms with E-state index in [4.69, 9.17) is 9.84 Å². The van der Waals surface area contributed by atoms with E-state index in [0.29, 0.717) is 18.1 Å². The Labute approximate surface area is 150 Å². The molecular weight excluding hydrogens is 320 g/mol. The molecule has 0 spiro atoms. The third-order valence-electron chi connectivity index (χ3n) is 5.22. The van der Waals surface area contributed by atoms with Crippen LogP contribution in [0.2, 0.25) is 0 Å². The van der Waals surface area contributed by atoms with Gasteiger partial charge < -0.3 is 9.84 Å². The molecule has 0 aromatic rings. The SMILES string of the molecule is C=CCCCSCC[C@@H]1[C@@H](CC=CCCCC(=O)O)[C@H]2CC[C@@H]1O2. The minimum absolute atomic E-state index is 0.271. The smallest absolute Gasteiger partial charge is 0.303 e. The standard InChI is InChI=1S/C20H32O3S/c1-2-3-8-14-24-15-13-17-16(18-11-12-19(17)23-18)9-6-4-5-7-10-20(21)22/h2,4,6,16-19H,1,3,5,7-15H2,(H,21,22)/t16-,17-,18-,19+/m1/s1. The fraction of sp³-hybridized carbons (Fsp3) is 0.750. The van der Waals surface area contributed by atoms with E-state index in [-0.39, 0.29) is 6.42 Å². The third kappa shape index (κ3) is 6.29. The first kappa shape index (κ1) is 19.6. The molecule has 0 aromatic carbocycles. The molecule has 24 heavy (non-hydrogen) atoms. The molecule has 0 aromatic heterocycles. The van der Waals surface area contributed by atoms with Crippen molar-refractivity contribution >= 4 is 17.7 Å². The summed E-state index contributed by atoms with van der Waals surface area (Å²) >= 11 is 2.07. The minimum atomic E-state index is -0.699. The van der Waals surface area contributed by atoms with Crippen molar-refractivity contribution in [2.24, 2.45) is 11.8 Å². The maximum atomic E-state index is 10.5. The van der Waals surface area contributed by atoms with Crippen molar-refractivity contribution in [1.29, 1.82) is 0 Å². The average Bonchev–Trinajstić information content (AvgIpc) is 3.15. The molecule has 2 saturated heterocycles. The van der Waals surface area contributed by atoms with E-state index in [2.05, 4.69) is 30.5 Å². The highest BCUT2D eigenvalue weighted by Crippen LogP contribution is 2.47. The topological polar surface area (TPSA) is 46.5 Å². The Morgan fingerprint density at radius 3 is 2.67 bits per heavy atom. The molecule has 2 heterocycles. The molecule has 4 atom stereocenters. The number of hydrogen-bond acceptors (Lipinski definition) is 3. The first-order valence-corrected chi connectivity index (χ1v) is 10.6. The molecule has 2 aliphatic heterocycles. The van der Waals surface area contributed by atoms with Gasteiger partial charge in [0.15, 0.2) is 0 Å². The summed E-state index contributed by atoms with van der Waals surface area (Å²) in [5.41, 5.74) is 0. The summed E-state index contributed by atoms with van der Waals surface area (Å²) in [7, 11) is 0. The number of thioether (sulfide) groups is 1. The Bertz CT molecular complexity index is 421. The lowest BCUT2D eigenvalue weighted by Crippen LogP contribution is -2.27. The average molecular weight is 353 g/mol. The van der Waals surface area contributed by atoms with Gasteiger partial charge in [0.2, 0.25) is 0 Å². The number of allylic oxidation sites excluding steroid dienone is 3. The van der Waals surface area contributed by atoms with Crippen LogP contribution < -0.4 is 0 Å². The van der Waals surface area contributed by atoms with Gasteiger partial charge in [0.1, 0.15) is 0 Å². The van der Waals surface area contributed by atoms with Gasteiger partial charge in [-0.3, -0.25) is 4.79 Å². The molecule has 2 rings (SSSR count). The molecule has 0 radical (unpaired) electrons. The number of carboxylic acid groups (broad SMARTS) is 1. The Morgan fingerprint density at radius 1 is 1.12 bits per heavy atom. The van der Waals surface area contributed by atoms with E-state index >= 15 is 0 Å². The predicted molar refractivity (Wildman–Crippen MR) is 101 cm³/mol. The maximum absolute atomic E-state index is 10.5. The highest BCUT2D eigenvalue weighted by molar-refractivity contribution is 7.99. The molecule has 136 valence electrons. The van der Waals surface area contributed by atoms with Gasteiger partial charge in [-0.1, -0.05) is 18.2 Å². The largest absolute Gasteiger partial charge is 0.481 e. The lowest BCUT2D eigenvalue weighted by Gasteiger charge is -2.27. The quantitative estimate of drug-likeness (QED) is 0.371. The summed E-state index contributed by atoms with van der Waals surface area (Å²) < 4.78 is 6.17. The Balaban J connectivity index is 1.66. The van der Waals surface area contributed by atoms with E-state index in [0.717, 1.165) is 31.6 Å². The van der Waals surface area contributed by atoms with Gasteiger partial charge >= 0.3 is 5.97 Å². The lowest BCUT2D eigenvalue weighted by molar-refractivity contribution is -0.137. The van der Waals surface area contributed by atoms with Crippen LogP contribution in [-0.4, -0.2) is 34.8 Å². The highest BCUT2D eigenvalue weighted by Gasteiger charge is 2.47. The van der Waals surface area contributed by atoms with Crippen LogP contribution in [0.5, 0.6) is 0 Å². The van der Waals surface area contributed by atoms with E-state index in [1.165, 1.54) is 37.2 Å². The van der Waals surface area contributed by atoms with Gasteiger partial charge in [-0.15, -0.1) is 6.58 Å². The van der Waals surface area contributed by atoms with Crippen molar-refractivity contribution in [2.45, 2.75) is 70.0 Å². The summed E-state index contributed by atoms with van der Waals surface area (Å²) in [5.74, 6) is 3.18. The van der Waals surface area contributed by atoms with Crippen LogP contribution in [-0.2, 0) is 9.53 Å². The number of rotatable bonds is 13.